The van der Waals surface area contributed by atoms with Crippen LogP contribution in [0.5, 0.6) is 5.88 Å². The lowest BCUT2D eigenvalue weighted by Crippen LogP contribution is -2.39. The number of hydrogen-bond acceptors (Lipinski definition) is 7. The molecule has 124 valence electrons. The molecule has 1 saturated heterocycles. The van der Waals surface area contributed by atoms with Crippen molar-refractivity contribution in [3.05, 3.63) is 5.82 Å². The van der Waals surface area contributed by atoms with Crippen molar-refractivity contribution in [3.63, 3.8) is 0 Å². The predicted molar refractivity (Wildman–Crippen MR) is 87.4 cm³/mol. The maximum atomic E-state index is 6.08. The highest BCUT2D eigenvalue weighted by atomic mass is 16.5. The summed E-state index contributed by atoms with van der Waals surface area (Å²) in [6, 6.07) is 0. The summed E-state index contributed by atoms with van der Waals surface area (Å²) in [4.78, 5) is 11.3. The Labute approximate surface area is 132 Å². The maximum absolute atomic E-state index is 6.08. The van der Waals surface area contributed by atoms with Crippen molar-refractivity contribution in [2.75, 3.05) is 57.6 Å². The molecule has 0 amide bonds. The Balaban J connectivity index is 2.05. The predicted octanol–water partition coefficient (Wildman–Crippen LogP) is 1.11. The van der Waals surface area contributed by atoms with E-state index < -0.39 is 0 Å². The van der Waals surface area contributed by atoms with Gasteiger partial charge in [0.25, 0.3) is 0 Å². The molecule has 1 aromatic rings. The molecule has 2 heterocycles. The highest BCUT2D eigenvalue weighted by Gasteiger charge is 2.22. The van der Waals surface area contributed by atoms with Gasteiger partial charge in [-0.25, -0.2) is 4.98 Å². The molecule has 1 aliphatic rings. The molecule has 0 bridgehead atoms. The van der Waals surface area contributed by atoms with Gasteiger partial charge < -0.3 is 20.5 Å². The first kappa shape index (κ1) is 16.8. The summed E-state index contributed by atoms with van der Waals surface area (Å²) in [5.41, 5.74) is 6.37. The Bertz CT molecular complexity index is 495. The van der Waals surface area contributed by atoms with Gasteiger partial charge in [0, 0.05) is 31.6 Å². The average molecular weight is 309 g/mol. The lowest BCUT2D eigenvalue weighted by molar-refractivity contribution is 0.0398. The summed E-state index contributed by atoms with van der Waals surface area (Å²) in [5.74, 6) is 1.78. The number of aromatic nitrogens is 2. The van der Waals surface area contributed by atoms with Gasteiger partial charge in [-0.15, -0.1) is 0 Å². The van der Waals surface area contributed by atoms with E-state index in [1.807, 2.05) is 0 Å². The van der Waals surface area contributed by atoms with Crippen LogP contribution in [0.1, 0.15) is 26.6 Å². The number of anilines is 2. The molecule has 0 unspecified atom stereocenters. The summed E-state index contributed by atoms with van der Waals surface area (Å²) in [6.45, 7) is 11.4. The first-order valence-corrected chi connectivity index (χ1v) is 7.68. The molecule has 3 N–H and O–H groups in total. The van der Waals surface area contributed by atoms with E-state index in [-0.39, 0.29) is 5.41 Å². The van der Waals surface area contributed by atoms with Crippen LogP contribution < -0.4 is 15.8 Å². The van der Waals surface area contributed by atoms with Crippen molar-refractivity contribution in [2.24, 2.45) is 0 Å². The maximum Gasteiger partial charge on any atom is 0.242 e. The number of hydrogen-bond donors (Lipinski definition) is 2. The average Bonchev–Trinajstić information content (AvgIpc) is 2.49. The van der Waals surface area contributed by atoms with E-state index in [9.17, 15) is 0 Å². The van der Waals surface area contributed by atoms with E-state index in [0.29, 0.717) is 23.2 Å². The Morgan fingerprint density at radius 2 is 1.95 bits per heavy atom. The van der Waals surface area contributed by atoms with E-state index in [1.165, 1.54) is 0 Å². The molecule has 0 atom stereocenters. The molecule has 22 heavy (non-hydrogen) atoms. The van der Waals surface area contributed by atoms with Gasteiger partial charge in [0.05, 0.1) is 20.3 Å². The lowest BCUT2D eigenvalue weighted by Gasteiger charge is -2.27. The second kappa shape index (κ2) is 7.11. The Kier molecular flexibility index (Phi) is 5.42. The molecule has 7 nitrogen and oxygen atoms in total. The molecule has 1 fully saturated rings. The zero-order chi connectivity index (χ0) is 16.2. The molecule has 0 spiro atoms. The van der Waals surface area contributed by atoms with Crippen LogP contribution in [0.25, 0.3) is 0 Å². The summed E-state index contributed by atoms with van der Waals surface area (Å²) >= 11 is 0. The number of morpholine rings is 1. The molecular weight excluding hydrogens is 282 g/mol. The number of nitrogens with two attached hydrogens (primary N) is 1. The van der Waals surface area contributed by atoms with Gasteiger partial charge >= 0.3 is 0 Å². The van der Waals surface area contributed by atoms with Gasteiger partial charge in [-0.2, -0.15) is 4.98 Å². The SMILES string of the molecule is COc1nc(C(C)(C)C)nc(NCCN2CCOCC2)c1N. The van der Waals surface area contributed by atoms with E-state index >= 15 is 0 Å². The van der Waals surface area contributed by atoms with Gasteiger partial charge in [-0.05, 0) is 0 Å². The van der Waals surface area contributed by atoms with Crippen molar-refractivity contribution in [1.29, 1.82) is 0 Å². The Morgan fingerprint density at radius 1 is 1.27 bits per heavy atom. The molecule has 2 rings (SSSR count). The molecule has 0 aromatic carbocycles. The number of ether oxygens (including phenoxy) is 2. The fourth-order valence-corrected chi connectivity index (χ4v) is 2.23. The number of nitrogen functional groups attached to an aromatic ring is 1. The van der Waals surface area contributed by atoms with Crippen LogP contribution in [0.2, 0.25) is 0 Å². The van der Waals surface area contributed by atoms with E-state index in [2.05, 4.69) is 41.0 Å². The van der Waals surface area contributed by atoms with Crippen LogP contribution in [0.15, 0.2) is 0 Å². The summed E-state index contributed by atoms with van der Waals surface area (Å²) in [5, 5.41) is 3.31. The van der Waals surface area contributed by atoms with E-state index in [4.69, 9.17) is 15.2 Å². The van der Waals surface area contributed by atoms with Crippen LogP contribution in [0.4, 0.5) is 11.5 Å². The first-order valence-electron chi connectivity index (χ1n) is 7.68. The summed E-state index contributed by atoms with van der Waals surface area (Å²) < 4.78 is 10.6. The second-order valence-corrected chi connectivity index (χ2v) is 6.45. The van der Waals surface area contributed by atoms with Crippen LogP contribution in [-0.4, -0.2) is 61.4 Å². The summed E-state index contributed by atoms with van der Waals surface area (Å²) in [7, 11) is 1.57. The minimum absolute atomic E-state index is 0.165. The molecule has 1 aromatic heterocycles. The van der Waals surface area contributed by atoms with Crippen molar-refractivity contribution >= 4 is 11.5 Å². The monoisotopic (exact) mass is 309 g/mol. The topological polar surface area (TPSA) is 85.5 Å². The molecule has 0 radical (unpaired) electrons. The first-order chi connectivity index (χ1) is 10.4. The molecule has 1 aliphatic heterocycles. The third-order valence-electron chi connectivity index (χ3n) is 3.60. The summed E-state index contributed by atoms with van der Waals surface area (Å²) in [6.07, 6.45) is 0. The normalized spacial score (nSPS) is 16.5. The lowest BCUT2D eigenvalue weighted by atomic mass is 9.96. The van der Waals surface area contributed by atoms with Crippen molar-refractivity contribution < 1.29 is 9.47 Å². The Hall–Kier alpha value is -1.60. The van der Waals surface area contributed by atoms with Crippen LogP contribution in [0, 0.1) is 0 Å². The van der Waals surface area contributed by atoms with E-state index in [0.717, 1.165) is 39.4 Å². The minimum Gasteiger partial charge on any atom is -0.479 e. The van der Waals surface area contributed by atoms with Crippen LogP contribution in [0.3, 0.4) is 0 Å². The number of rotatable bonds is 5. The van der Waals surface area contributed by atoms with Crippen molar-refractivity contribution in [1.82, 2.24) is 14.9 Å². The quantitative estimate of drug-likeness (QED) is 0.842. The molecular formula is C15H27N5O2. The largest absolute Gasteiger partial charge is 0.479 e. The third kappa shape index (κ3) is 4.20. The zero-order valence-electron chi connectivity index (χ0n) is 14.0. The van der Waals surface area contributed by atoms with Crippen molar-refractivity contribution in [3.8, 4) is 5.88 Å². The number of methoxy groups -OCH3 is 1. The third-order valence-corrected chi connectivity index (χ3v) is 3.60. The highest BCUT2D eigenvalue weighted by Crippen LogP contribution is 2.29. The van der Waals surface area contributed by atoms with Gasteiger partial charge in [0.2, 0.25) is 5.88 Å². The minimum atomic E-state index is -0.165. The fourth-order valence-electron chi connectivity index (χ4n) is 2.23. The standard InChI is InChI=1S/C15H27N5O2/c1-15(2,3)14-18-12(11(16)13(19-14)21-4)17-5-6-20-7-9-22-10-8-20/h5-10,16H2,1-4H3,(H,17,18,19). The second-order valence-electron chi connectivity index (χ2n) is 6.45. The number of nitrogens with zero attached hydrogens (tertiary/aromatic N) is 3. The van der Waals surface area contributed by atoms with Gasteiger partial charge in [0.1, 0.15) is 11.5 Å². The molecule has 0 aliphatic carbocycles. The van der Waals surface area contributed by atoms with Gasteiger partial charge in [-0.3, -0.25) is 4.90 Å². The zero-order valence-corrected chi connectivity index (χ0v) is 14.0. The molecule has 7 heteroatoms. The number of nitrogens with one attached hydrogen (secondary N) is 1. The van der Waals surface area contributed by atoms with Crippen LogP contribution in [-0.2, 0) is 10.2 Å². The molecule has 0 saturated carbocycles. The Morgan fingerprint density at radius 3 is 2.55 bits per heavy atom. The highest BCUT2D eigenvalue weighted by molar-refractivity contribution is 5.67. The van der Waals surface area contributed by atoms with Crippen LogP contribution >= 0.6 is 0 Å². The van der Waals surface area contributed by atoms with Crippen molar-refractivity contribution in [2.45, 2.75) is 26.2 Å². The van der Waals surface area contributed by atoms with Gasteiger partial charge in [-0.1, -0.05) is 20.8 Å². The van der Waals surface area contributed by atoms with E-state index in [1.54, 1.807) is 7.11 Å². The van der Waals surface area contributed by atoms with Gasteiger partial charge in [0.15, 0.2) is 5.82 Å². The smallest absolute Gasteiger partial charge is 0.242 e. The fraction of sp³-hybridized carbons (Fsp3) is 0.733.